The van der Waals surface area contributed by atoms with Crippen molar-refractivity contribution in [3.05, 3.63) is 71.6 Å². The van der Waals surface area contributed by atoms with E-state index in [0.29, 0.717) is 5.56 Å². The first-order chi connectivity index (χ1) is 12.7. The van der Waals surface area contributed by atoms with Gasteiger partial charge in [0, 0.05) is 18.8 Å². The largest absolute Gasteiger partial charge is 0.435 e. The number of amides is 1. The van der Waals surface area contributed by atoms with E-state index in [9.17, 15) is 26.7 Å². The average Bonchev–Trinajstić information content (AvgIpc) is 3.02. The molecule has 4 nitrogen and oxygen atoms in total. The Morgan fingerprint density at radius 2 is 1.74 bits per heavy atom. The zero-order chi connectivity index (χ0) is 19.8. The number of carbonyl (C=O) groups excluding carboxylic acids is 1. The van der Waals surface area contributed by atoms with Crippen LogP contribution in [0.15, 0.2) is 48.7 Å². The predicted molar refractivity (Wildman–Crippen MR) is 88.0 cm³/mol. The van der Waals surface area contributed by atoms with Crippen LogP contribution >= 0.6 is 0 Å². The number of benzene rings is 2. The summed E-state index contributed by atoms with van der Waals surface area (Å²) in [6.45, 7) is 0. The van der Waals surface area contributed by atoms with Crippen LogP contribution in [0.25, 0.3) is 11.1 Å². The van der Waals surface area contributed by atoms with Gasteiger partial charge in [0.25, 0.3) is 5.91 Å². The second kappa shape index (κ2) is 6.82. The molecule has 2 aromatic carbocycles. The highest BCUT2D eigenvalue weighted by molar-refractivity contribution is 6.07. The van der Waals surface area contributed by atoms with E-state index in [4.69, 9.17) is 0 Å². The summed E-state index contributed by atoms with van der Waals surface area (Å²) < 4.78 is 68.0. The number of hydrogen-bond acceptors (Lipinski definition) is 2. The fraction of sp³-hybridized carbons (Fsp3) is 0.111. The molecule has 1 heterocycles. The molecule has 3 rings (SSSR count). The molecule has 3 aromatic rings. The first-order valence-corrected chi connectivity index (χ1v) is 7.64. The van der Waals surface area contributed by atoms with Crippen molar-refractivity contribution in [1.29, 1.82) is 0 Å². The third-order valence-electron chi connectivity index (χ3n) is 3.76. The lowest BCUT2D eigenvalue weighted by Crippen LogP contribution is -2.19. The second-order valence-electron chi connectivity index (χ2n) is 5.67. The van der Waals surface area contributed by atoms with E-state index in [1.807, 2.05) is 0 Å². The highest BCUT2D eigenvalue weighted by Gasteiger charge is 2.39. The Bertz CT molecular complexity index is 996. The van der Waals surface area contributed by atoms with Gasteiger partial charge in [-0.05, 0) is 17.7 Å². The SMILES string of the molecule is Cn1cc(C(=O)Nc2c(-c3ccccc3)ccc(F)c2F)c(C(F)(F)F)n1. The van der Waals surface area contributed by atoms with Gasteiger partial charge in [0.05, 0.1) is 11.3 Å². The molecule has 0 aliphatic rings. The number of carbonyl (C=O) groups is 1. The number of alkyl halides is 3. The summed E-state index contributed by atoms with van der Waals surface area (Å²) in [6.07, 6.45) is -4.02. The summed E-state index contributed by atoms with van der Waals surface area (Å²) >= 11 is 0. The number of hydrogen-bond donors (Lipinski definition) is 1. The lowest BCUT2D eigenvalue weighted by molar-refractivity contribution is -0.141. The zero-order valence-electron chi connectivity index (χ0n) is 13.8. The van der Waals surface area contributed by atoms with E-state index < -0.39 is 40.7 Å². The molecule has 0 aliphatic heterocycles. The van der Waals surface area contributed by atoms with Crippen molar-refractivity contribution in [1.82, 2.24) is 9.78 Å². The molecule has 0 unspecified atom stereocenters. The van der Waals surface area contributed by atoms with Crippen LogP contribution in [0.5, 0.6) is 0 Å². The Morgan fingerprint density at radius 3 is 2.37 bits per heavy atom. The highest BCUT2D eigenvalue weighted by Crippen LogP contribution is 2.34. The first kappa shape index (κ1) is 18.6. The maximum absolute atomic E-state index is 14.3. The van der Waals surface area contributed by atoms with Crippen LogP contribution in [0, 0.1) is 11.6 Å². The molecular formula is C18H12F5N3O. The van der Waals surface area contributed by atoms with Gasteiger partial charge >= 0.3 is 6.18 Å². The third-order valence-corrected chi connectivity index (χ3v) is 3.76. The molecule has 0 aliphatic carbocycles. The van der Waals surface area contributed by atoms with Crippen LogP contribution in [0.3, 0.4) is 0 Å². The van der Waals surface area contributed by atoms with Gasteiger partial charge in [-0.2, -0.15) is 18.3 Å². The van der Waals surface area contributed by atoms with Gasteiger partial charge in [-0.1, -0.05) is 30.3 Å². The molecule has 1 N–H and O–H groups in total. The number of halogens is 5. The van der Waals surface area contributed by atoms with Crippen LogP contribution in [0.4, 0.5) is 27.6 Å². The van der Waals surface area contributed by atoms with Gasteiger partial charge in [0.1, 0.15) is 0 Å². The van der Waals surface area contributed by atoms with Gasteiger partial charge in [-0.3, -0.25) is 9.48 Å². The summed E-state index contributed by atoms with van der Waals surface area (Å²) in [7, 11) is 1.21. The smallest absolute Gasteiger partial charge is 0.319 e. The van der Waals surface area contributed by atoms with Crippen molar-refractivity contribution >= 4 is 11.6 Å². The number of nitrogens with zero attached hydrogens (tertiary/aromatic N) is 2. The number of rotatable bonds is 3. The molecule has 0 atom stereocenters. The minimum absolute atomic E-state index is 0.125. The van der Waals surface area contributed by atoms with Crippen LogP contribution in [0.1, 0.15) is 16.1 Å². The van der Waals surface area contributed by atoms with E-state index in [2.05, 4.69) is 10.4 Å². The van der Waals surface area contributed by atoms with Crippen molar-refractivity contribution in [2.45, 2.75) is 6.18 Å². The fourth-order valence-electron chi connectivity index (χ4n) is 2.58. The topological polar surface area (TPSA) is 46.9 Å². The Balaban J connectivity index is 2.06. The summed E-state index contributed by atoms with van der Waals surface area (Å²) in [6, 6.07) is 10.3. The van der Waals surface area contributed by atoms with Crippen molar-refractivity contribution < 1.29 is 26.7 Å². The van der Waals surface area contributed by atoms with E-state index in [1.54, 1.807) is 30.3 Å². The molecule has 0 saturated heterocycles. The molecule has 0 fully saturated rings. The molecule has 140 valence electrons. The van der Waals surface area contributed by atoms with E-state index in [1.165, 1.54) is 13.1 Å². The standard InChI is InChI=1S/C18H12F5N3O/c1-26-9-12(16(25-26)18(21,22)23)17(27)24-15-11(7-8-13(19)14(15)20)10-5-3-2-4-6-10/h2-9H,1H3,(H,24,27). The lowest BCUT2D eigenvalue weighted by Gasteiger charge is -2.13. The van der Waals surface area contributed by atoms with Crippen LogP contribution in [-0.4, -0.2) is 15.7 Å². The Labute approximate surface area is 150 Å². The molecule has 27 heavy (non-hydrogen) atoms. The molecule has 0 bridgehead atoms. The molecule has 0 spiro atoms. The summed E-state index contributed by atoms with van der Waals surface area (Å²) in [5.74, 6) is -3.87. The molecule has 0 radical (unpaired) electrons. The third kappa shape index (κ3) is 3.67. The molecular weight excluding hydrogens is 369 g/mol. The van der Waals surface area contributed by atoms with Gasteiger partial charge in [0.15, 0.2) is 17.3 Å². The van der Waals surface area contributed by atoms with Crippen molar-refractivity contribution in [2.75, 3.05) is 5.32 Å². The van der Waals surface area contributed by atoms with E-state index >= 15 is 0 Å². The van der Waals surface area contributed by atoms with E-state index in [-0.39, 0.29) is 5.56 Å². The Hall–Kier alpha value is -3.23. The molecule has 9 heteroatoms. The maximum atomic E-state index is 14.3. The van der Waals surface area contributed by atoms with Crippen molar-refractivity contribution in [3.63, 3.8) is 0 Å². The first-order valence-electron chi connectivity index (χ1n) is 7.64. The van der Waals surface area contributed by atoms with Crippen LogP contribution < -0.4 is 5.32 Å². The summed E-state index contributed by atoms with van der Waals surface area (Å²) in [5.41, 5.74) is -2.19. The van der Waals surface area contributed by atoms with Gasteiger partial charge in [-0.25, -0.2) is 8.78 Å². The Kier molecular flexibility index (Phi) is 4.69. The van der Waals surface area contributed by atoms with Gasteiger partial charge < -0.3 is 5.32 Å². The zero-order valence-corrected chi connectivity index (χ0v) is 13.8. The molecule has 0 saturated carbocycles. The van der Waals surface area contributed by atoms with Crippen molar-refractivity contribution in [2.24, 2.45) is 7.05 Å². The van der Waals surface area contributed by atoms with E-state index in [0.717, 1.165) is 16.9 Å². The second-order valence-corrected chi connectivity index (χ2v) is 5.67. The summed E-state index contributed by atoms with van der Waals surface area (Å²) in [4.78, 5) is 12.4. The van der Waals surface area contributed by atoms with Gasteiger partial charge in [0.2, 0.25) is 0 Å². The number of nitrogens with one attached hydrogen (secondary N) is 1. The summed E-state index contributed by atoms with van der Waals surface area (Å²) in [5, 5.41) is 5.28. The number of aromatic nitrogens is 2. The average molecular weight is 381 g/mol. The quantitative estimate of drug-likeness (QED) is 0.672. The monoisotopic (exact) mass is 381 g/mol. The normalized spacial score (nSPS) is 11.5. The Morgan fingerprint density at radius 1 is 1.07 bits per heavy atom. The van der Waals surface area contributed by atoms with Crippen LogP contribution in [-0.2, 0) is 13.2 Å². The maximum Gasteiger partial charge on any atom is 0.435 e. The number of aryl methyl sites for hydroxylation is 1. The fourth-order valence-corrected chi connectivity index (χ4v) is 2.58. The highest BCUT2D eigenvalue weighted by atomic mass is 19.4. The minimum Gasteiger partial charge on any atom is -0.319 e. The van der Waals surface area contributed by atoms with Crippen LogP contribution in [0.2, 0.25) is 0 Å². The molecule has 1 amide bonds. The lowest BCUT2D eigenvalue weighted by atomic mass is 10.0. The van der Waals surface area contributed by atoms with Gasteiger partial charge in [-0.15, -0.1) is 0 Å². The predicted octanol–water partition coefficient (Wildman–Crippen LogP) is 4.64. The minimum atomic E-state index is -4.88. The number of anilines is 1. The molecule has 1 aromatic heterocycles. The van der Waals surface area contributed by atoms with Crippen molar-refractivity contribution in [3.8, 4) is 11.1 Å².